The summed E-state index contributed by atoms with van der Waals surface area (Å²) in [6.07, 6.45) is -5.05. The van der Waals surface area contributed by atoms with E-state index >= 15 is 0 Å². The van der Waals surface area contributed by atoms with Gasteiger partial charge in [-0.1, -0.05) is 18.2 Å². The van der Waals surface area contributed by atoms with Crippen LogP contribution in [0.3, 0.4) is 0 Å². The van der Waals surface area contributed by atoms with Crippen LogP contribution < -0.4 is 0 Å². The zero-order valence-electron chi connectivity index (χ0n) is 7.21. The zero-order chi connectivity index (χ0) is 11.3. The molecule has 0 fully saturated rings. The molecule has 1 aromatic rings. The molecule has 1 N–H and O–H groups in total. The fourth-order valence-corrected chi connectivity index (χ4v) is 1.41. The van der Waals surface area contributed by atoms with Crippen LogP contribution >= 0.6 is 0 Å². The summed E-state index contributed by atoms with van der Waals surface area (Å²) < 4.78 is 41.4. The maximum Gasteiger partial charge on any atom is 0.460 e. The average molecular weight is 218 g/mol. The average Bonchev–Trinajstić information content (AvgIpc) is 2.41. The number of aliphatic hydroxyl groups is 1. The van der Waals surface area contributed by atoms with E-state index in [2.05, 4.69) is 4.74 Å². The Hall–Kier alpha value is -1.56. The van der Waals surface area contributed by atoms with Crippen LogP contribution in [0.2, 0.25) is 0 Å². The fraction of sp³-hybridized carbons (Fsp3) is 0.222. The number of fused-ring (bicyclic) bond motifs is 1. The predicted octanol–water partition coefficient (Wildman–Crippen LogP) is 1.56. The number of hydrogen-bond acceptors (Lipinski definition) is 3. The van der Waals surface area contributed by atoms with E-state index in [4.69, 9.17) is 0 Å². The molecule has 2 rings (SSSR count). The zero-order valence-corrected chi connectivity index (χ0v) is 7.21. The van der Waals surface area contributed by atoms with Gasteiger partial charge in [-0.05, 0) is 6.07 Å². The van der Waals surface area contributed by atoms with E-state index in [1.54, 1.807) is 0 Å². The number of carbonyl (C=O) groups excluding carboxylic acids is 1. The first-order chi connectivity index (χ1) is 6.86. The Kier molecular flexibility index (Phi) is 1.81. The Bertz CT molecular complexity index is 427. The third-order valence-electron chi connectivity index (χ3n) is 2.14. The highest BCUT2D eigenvalue weighted by Crippen LogP contribution is 2.45. The second-order valence-corrected chi connectivity index (χ2v) is 3.08. The van der Waals surface area contributed by atoms with E-state index < -0.39 is 23.5 Å². The summed E-state index contributed by atoms with van der Waals surface area (Å²) in [5.41, 5.74) is -0.833. The molecule has 0 amide bonds. The molecule has 0 aromatic heterocycles. The van der Waals surface area contributed by atoms with E-state index in [0.29, 0.717) is 0 Å². The molecule has 80 valence electrons. The van der Waals surface area contributed by atoms with Crippen molar-refractivity contribution >= 4 is 5.97 Å². The van der Waals surface area contributed by atoms with Crippen molar-refractivity contribution in [3.8, 4) is 0 Å². The van der Waals surface area contributed by atoms with Crippen LogP contribution in [0, 0.1) is 0 Å². The molecule has 0 bridgehead atoms. The lowest BCUT2D eigenvalue weighted by Gasteiger charge is -2.24. The van der Waals surface area contributed by atoms with Crippen LogP contribution in [-0.2, 0) is 10.5 Å². The monoisotopic (exact) mass is 218 g/mol. The minimum Gasteiger partial charge on any atom is -0.415 e. The number of carbonyl (C=O) groups is 1. The molecule has 6 heteroatoms. The number of cyclic esters (lactones) is 1. The highest BCUT2D eigenvalue weighted by Gasteiger charge is 2.63. The Labute approximate surface area is 82.1 Å². The maximum atomic E-state index is 12.5. The first kappa shape index (κ1) is 9.97. The largest absolute Gasteiger partial charge is 0.460 e. The highest BCUT2D eigenvalue weighted by atomic mass is 19.4. The third-order valence-corrected chi connectivity index (χ3v) is 2.14. The number of ether oxygens (including phenoxy) is 1. The van der Waals surface area contributed by atoms with Gasteiger partial charge in [-0.25, -0.2) is 4.79 Å². The molecular formula is C9H5F3O3. The van der Waals surface area contributed by atoms with Crippen LogP contribution in [0.15, 0.2) is 24.3 Å². The van der Waals surface area contributed by atoms with Gasteiger partial charge in [0.2, 0.25) is 0 Å². The lowest BCUT2D eigenvalue weighted by atomic mass is 10.0. The Morgan fingerprint density at radius 3 is 2.47 bits per heavy atom. The van der Waals surface area contributed by atoms with Gasteiger partial charge < -0.3 is 9.84 Å². The lowest BCUT2D eigenvalue weighted by molar-refractivity contribution is -0.349. The summed E-state index contributed by atoms with van der Waals surface area (Å²) in [6, 6.07) is 4.86. The van der Waals surface area contributed by atoms with Gasteiger partial charge in [0.1, 0.15) is 0 Å². The van der Waals surface area contributed by atoms with Gasteiger partial charge in [0.25, 0.3) is 0 Å². The minimum absolute atomic E-state index is 0.266. The molecule has 1 heterocycles. The van der Waals surface area contributed by atoms with Crippen LogP contribution in [-0.4, -0.2) is 17.3 Å². The molecule has 15 heavy (non-hydrogen) atoms. The van der Waals surface area contributed by atoms with Crippen LogP contribution in [0.1, 0.15) is 15.9 Å². The normalized spacial score (nSPS) is 24.9. The fourth-order valence-electron chi connectivity index (χ4n) is 1.41. The van der Waals surface area contributed by atoms with Crippen molar-refractivity contribution in [1.82, 2.24) is 0 Å². The SMILES string of the molecule is O=C1OC(O)(C(F)(F)F)c2ccccc21. The highest BCUT2D eigenvalue weighted by molar-refractivity contribution is 5.94. The maximum absolute atomic E-state index is 12.5. The number of alkyl halides is 3. The van der Waals surface area contributed by atoms with Crippen molar-refractivity contribution in [2.24, 2.45) is 0 Å². The van der Waals surface area contributed by atoms with Crippen molar-refractivity contribution in [1.29, 1.82) is 0 Å². The van der Waals surface area contributed by atoms with E-state index in [1.165, 1.54) is 18.2 Å². The number of halogens is 3. The van der Waals surface area contributed by atoms with Gasteiger partial charge in [-0.2, -0.15) is 13.2 Å². The third kappa shape index (κ3) is 1.21. The lowest BCUT2D eigenvalue weighted by Crippen LogP contribution is -2.42. The number of esters is 1. The van der Waals surface area contributed by atoms with Crippen LogP contribution in [0.4, 0.5) is 13.2 Å². The Morgan fingerprint density at radius 2 is 1.87 bits per heavy atom. The van der Waals surface area contributed by atoms with E-state index in [-0.39, 0.29) is 5.56 Å². The van der Waals surface area contributed by atoms with Crippen LogP contribution in [0.25, 0.3) is 0 Å². The van der Waals surface area contributed by atoms with Crippen molar-refractivity contribution in [3.63, 3.8) is 0 Å². The molecule has 1 aromatic carbocycles. The topological polar surface area (TPSA) is 46.5 Å². The van der Waals surface area contributed by atoms with Crippen molar-refractivity contribution < 1.29 is 27.8 Å². The molecule has 0 spiro atoms. The molecule has 0 radical (unpaired) electrons. The smallest absolute Gasteiger partial charge is 0.415 e. The van der Waals surface area contributed by atoms with Crippen molar-refractivity contribution in [2.45, 2.75) is 12.0 Å². The molecule has 1 aliphatic heterocycles. The Balaban J connectivity index is 2.63. The number of rotatable bonds is 0. The molecule has 0 saturated carbocycles. The van der Waals surface area contributed by atoms with Gasteiger partial charge in [-0.15, -0.1) is 0 Å². The second-order valence-electron chi connectivity index (χ2n) is 3.08. The summed E-state index contributed by atoms with van der Waals surface area (Å²) >= 11 is 0. The van der Waals surface area contributed by atoms with Gasteiger partial charge in [0.05, 0.1) is 5.56 Å². The van der Waals surface area contributed by atoms with Crippen molar-refractivity contribution in [2.75, 3.05) is 0 Å². The minimum atomic E-state index is -5.05. The first-order valence-electron chi connectivity index (χ1n) is 3.98. The van der Waals surface area contributed by atoms with Crippen LogP contribution in [0.5, 0.6) is 0 Å². The molecule has 0 aliphatic carbocycles. The summed E-state index contributed by atoms with van der Waals surface area (Å²) in [4.78, 5) is 11.0. The first-order valence-corrected chi connectivity index (χ1v) is 3.98. The van der Waals surface area contributed by atoms with E-state index in [0.717, 1.165) is 6.07 Å². The van der Waals surface area contributed by atoms with Gasteiger partial charge in [0, 0.05) is 5.56 Å². The van der Waals surface area contributed by atoms with E-state index in [1.807, 2.05) is 0 Å². The van der Waals surface area contributed by atoms with Gasteiger partial charge in [-0.3, -0.25) is 0 Å². The molecule has 3 nitrogen and oxygen atoms in total. The summed E-state index contributed by atoms with van der Waals surface area (Å²) in [6.45, 7) is 0. The summed E-state index contributed by atoms with van der Waals surface area (Å²) in [7, 11) is 0. The van der Waals surface area contributed by atoms with E-state index in [9.17, 15) is 23.1 Å². The molecule has 1 unspecified atom stereocenters. The van der Waals surface area contributed by atoms with Crippen molar-refractivity contribution in [3.05, 3.63) is 35.4 Å². The predicted molar refractivity (Wildman–Crippen MR) is 41.8 cm³/mol. The molecule has 1 aliphatic rings. The summed E-state index contributed by atoms with van der Waals surface area (Å²) in [5, 5.41) is 9.28. The molecule has 1 atom stereocenters. The van der Waals surface area contributed by atoms with Gasteiger partial charge in [0.15, 0.2) is 0 Å². The Morgan fingerprint density at radius 1 is 1.27 bits per heavy atom. The molecular weight excluding hydrogens is 213 g/mol. The standard InChI is InChI=1S/C9H5F3O3/c10-9(11,12)8(14)6-4-2-1-3-5(6)7(13)15-8/h1-4,14H. The number of hydrogen-bond donors (Lipinski definition) is 1. The quantitative estimate of drug-likeness (QED) is 0.672. The van der Waals surface area contributed by atoms with Gasteiger partial charge >= 0.3 is 17.9 Å². The summed E-state index contributed by atoms with van der Waals surface area (Å²) in [5.74, 6) is -4.69. The second kappa shape index (κ2) is 2.73. The molecule has 0 saturated heterocycles. The number of benzene rings is 1.